The maximum atomic E-state index is 13.5. The fraction of sp³-hybridized carbons (Fsp3) is 0.923. The molecule has 7 heteroatoms. The number of carbonyl (C=O) groups is 1. The van der Waals surface area contributed by atoms with Gasteiger partial charge in [0.1, 0.15) is 5.60 Å². The number of carbonyl (C=O) groups excluding carboxylic acids is 1. The zero-order chi connectivity index (χ0) is 14.8. The van der Waals surface area contributed by atoms with Gasteiger partial charge in [0.25, 0.3) is 0 Å². The molecule has 0 heterocycles. The van der Waals surface area contributed by atoms with E-state index in [-0.39, 0.29) is 0 Å². The quantitative estimate of drug-likeness (QED) is 0.749. The van der Waals surface area contributed by atoms with Gasteiger partial charge < -0.3 is 4.74 Å². The number of sulfone groups is 1. The van der Waals surface area contributed by atoms with Crippen molar-refractivity contribution in [2.75, 3.05) is 6.26 Å². The molecule has 0 radical (unpaired) electrons. The predicted molar refractivity (Wildman–Crippen MR) is 66.8 cm³/mol. The Morgan fingerprint density at radius 1 is 1.10 bits per heavy atom. The lowest BCUT2D eigenvalue weighted by Gasteiger charge is -2.55. The normalized spacial score (nSPS) is 39.9. The van der Waals surface area contributed by atoms with Crippen LogP contribution in [0.1, 0.15) is 38.5 Å². The molecule has 4 saturated carbocycles. The maximum Gasteiger partial charge on any atom is 0.439 e. The van der Waals surface area contributed by atoms with Crippen LogP contribution in [0.15, 0.2) is 0 Å². The second kappa shape index (κ2) is 4.15. The van der Waals surface area contributed by atoms with E-state index in [2.05, 4.69) is 0 Å². The molecule has 4 aliphatic rings. The van der Waals surface area contributed by atoms with Crippen LogP contribution >= 0.6 is 0 Å². The molecule has 4 rings (SSSR count). The Bertz CT molecular complexity index is 505. The molecule has 0 aliphatic heterocycles. The largest absolute Gasteiger partial charge is 0.454 e. The summed E-state index contributed by atoms with van der Waals surface area (Å²) in [6, 6.07) is 0. The zero-order valence-corrected chi connectivity index (χ0v) is 12.1. The first-order valence-corrected chi connectivity index (χ1v) is 8.81. The van der Waals surface area contributed by atoms with Gasteiger partial charge >= 0.3 is 11.2 Å². The summed E-state index contributed by atoms with van der Waals surface area (Å²) in [7, 11) is -4.79. The molecule has 0 aromatic rings. The van der Waals surface area contributed by atoms with Gasteiger partial charge in [-0.2, -0.15) is 8.78 Å². The van der Waals surface area contributed by atoms with Crippen molar-refractivity contribution < 1.29 is 26.7 Å². The van der Waals surface area contributed by atoms with E-state index in [9.17, 15) is 22.0 Å². The second-order valence-electron chi connectivity index (χ2n) is 6.78. The Kier molecular flexibility index (Phi) is 2.95. The molecule has 20 heavy (non-hydrogen) atoms. The van der Waals surface area contributed by atoms with Crippen LogP contribution in [0, 0.1) is 17.8 Å². The minimum atomic E-state index is -4.79. The lowest BCUT2D eigenvalue weighted by atomic mass is 9.54. The first-order valence-electron chi connectivity index (χ1n) is 6.92. The van der Waals surface area contributed by atoms with Gasteiger partial charge in [0.05, 0.1) is 0 Å². The van der Waals surface area contributed by atoms with Crippen molar-refractivity contribution in [1.82, 2.24) is 0 Å². The van der Waals surface area contributed by atoms with Gasteiger partial charge in [0.15, 0.2) is 0 Å². The summed E-state index contributed by atoms with van der Waals surface area (Å²) in [5.74, 6) is -0.607. The van der Waals surface area contributed by atoms with Crippen molar-refractivity contribution in [1.29, 1.82) is 0 Å². The van der Waals surface area contributed by atoms with Gasteiger partial charge in [-0.25, -0.2) is 13.2 Å². The molecule has 0 aromatic heterocycles. The van der Waals surface area contributed by atoms with Gasteiger partial charge in [-0.1, -0.05) is 0 Å². The van der Waals surface area contributed by atoms with Crippen LogP contribution in [0.2, 0.25) is 0 Å². The molecule has 0 atom stereocenters. The van der Waals surface area contributed by atoms with E-state index < -0.39 is 26.7 Å². The molecule has 114 valence electrons. The summed E-state index contributed by atoms with van der Waals surface area (Å²) in [4.78, 5) is 11.6. The van der Waals surface area contributed by atoms with E-state index in [1.165, 1.54) is 0 Å². The fourth-order valence-electron chi connectivity index (χ4n) is 4.56. The smallest absolute Gasteiger partial charge is 0.439 e. The van der Waals surface area contributed by atoms with E-state index in [0.717, 1.165) is 19.3 Å². The highest BCUT2D eigenvalue weighted by Gasteiger charge is 2.58. The van der Waals surface area contributed by atoms with Gasteiger partial charge in [-0.15, -0.1) is 0 Å². The Hall–Kier alpha value is -0.720. The predicted octanol–water partition coefficient (Wildman–Crippen LogP) is 2.14. The molecule has 0 aromatic carbocycles. The highest BCUT2D eigenvalue weighted by Crippen LogP contribution is 2.57. The molecule has 0 amide bonds. The molecule has 4 aliphatic carbocycles. The van der Waals surface area contributed by atoms with Crippen LogP contribution < -0.4 is 0 Å². The molecular formula is C13H18F2O4S. The second-order valence-corrected chi connectivity index (χ2v) is 8.84. The lowest BCUT2D eigenvalue weighted by molar-refractivity contribution is -0.201. The summed E-state index contributed by atoms with van der Waals surface area (Å²) in [6.07, 6.45) is 5.41. The van der Waals surface area contributed by atoms with Gasteiger partial charge in [-0.05, 0) is 56.3 Å². The van der Waals surface area contributed by atoms with E-state index in [0.29, 0.717) is 43.3 Å². The number of hydrogen-bond acceptors (Lipinski definition) is 4. The van der Waals surface area contributed by atoms with Crippen LogP contribution in [0.3, 0.4) is 0 Å². The summed E-state index contributed by atoms with van der Waals surface area (Å²) in [6.45, 7) is 0. The highest BCUT2D eigenvalue weighted by atomic mass is 32.2. The molecule has 4 bridgehead atoms. The van der Waals surface area contributed by atoms with Crippen LogP contribution in [0.5, 0.6) is 0 Å². The number of rotatable bonds is 3. The topological polar surface area (TPSA) is 60.4 Å². The third-order valence-corrected chi connectivity index (χ3v) is 6.09. The molecule has 4 nitrogen and oxygen atoms in total. The molecule has 4 fully saturated rings. The van der Waals surface area contributed by atoms with Crippen molar-refractivity contribution in [3.63, 3.8) is 0 Å². The van der Waals surface area contributed by atoms with Crippen molar-refractivity contribution in [3.8, 4) is 0 Å². The van der Waals surface area contributed by atoms with Gasteiger partial charge in [0.2, 0.25) is 9.84 Å². The monoisotopic (exact) mass is 308 g/mol. The lowest BCUT2D eigenvalue weighted by Crippen LogP contribution is -2.55. The molecule has 0 unspecified atom stereocenters. The fourth-order valence-corrected chi connectivity index (χ4v) is 4.91. The van der Waals surface area contributed by atoms with Gasteiger partial charge in [-0.3, -0.25) is 0 Å². The van der Waals surface area contributed by atoms with Crippen LogP contribution in [0.4, 0.5) is 8.78 Å². The average molecular weight is 308 g/mol. The Morgan fingerprint density at radius 3 is 1.85 bits per heavy atom. The number of esters is 1. The SMILES string of the molecule is CS(=O)(=O)C(F)(F)C(=O)OC12CC3CC(CC(C3)C1)C2. The summed E-state index contributed by atoms with van der Waals surface area (Å²) in [5.41, 5.74) is -0.847. The molecule has 0 saturated heterocycles. The number of hydrogen-bond donors (Lipinski definition) is 0. The van der Waals surface area contributed by atoms with E-state index in [4.69, 9.17) is 4.74 Å². The number of alkyl halides is 2. The van der Waals surface area contributed by atoms with Crippen molar-refractivity contribution >= 4 is 15.8 Å². The van der Waals surface area contributed by atoms with E-state index in [1.807, 2.05) is 0 Å². The van der Waals surface area contributed by atoms with E-state index in [1.54, 1.807) is 0 Å². The number of halogens is 2. The highest BCUT2D eigenvalue weighted by molar-refractivity contribution is 7.92. The minimum absolute atomic E-state index is 0.355. The number of ether oxygens (including phenoxy) is 1. The van der Waals surface area contributed by atoms with Crippen molar-refractivity contribution in [2.24, 2.45) is 17.8 Å². The Balaban J connectivity index is 1.80. The average Bonchev–Trinajstić information content (AvgIpc) is 2.24. The van der Waals surface area contributed by atoms with Crippen LogP contribution in [0.25, 0.3) is 0 Å². The Morgan fingerprint density at radius 2 is 1.50 bits per heavy atom. The molecule has 0 N–H and O–H groups in total. The summed E-state index contributed by atoms with van der Waals surface area (Å²) in [5, 5.41) is -4.45. The summed E-state index contributed by atoms with van der Waals surface area (Å²) < 4.78 is 54.2. The molecular weight excluding hydrogens is 290 g/mol. The third-order valence-electron chi connectivity index (χ3n) is 4.99. The standard InChI is InChI=1S/C13H18F2O4S/c1-20(17,18)13(14,15)11(16)19-12-5-8-2-9(6-12)4-10(3-8)7-12/h8-10H,2-7H2,1H3. The maximum absolute atomic E-state index is 13.5. The zero-order valence-electron chi connectivity index (χ0n) is 11.3. The Labute approximate surface area is 116 Å². The van der Waals surface area contributed by atoms with Gasteiger partial charge in [0, 0.05) is 6.26 Å². The first kappa shape index (κ1) is 14.2. The third kappa shape index (κ3) is 2.14. The van der Waals surface area contributed by atoms with Crippen LogP contribution in [-0.4, -0.2) is 31.5 Å². The van der Waals surface area contributed by atoms with Crippen molar-refractivity contribution in [3.05, 3.63) is 0 Å². The van der Waals surface area contributed by atoms with Crippen LogP contribution in [-0.2, 0) is 19.4 Å². The van der Waals surface area contributed by atoms with E-state index >= 15 is 0 Å². The minimum Gasteiger partial charge on any atom is -0.454 e. The molecule has 0 spiro atoms. The van der Waals surface area contributed by atoms with Crippen molar-refractivity contribution in [2.45, 2.75) is 49.4 Å². The summed E-state index contributed by atoms with van der Waals surface area (Å²) >= 11 is 0. The first-order chi connectivity index (χ1) is 9.11.